The highest BCUT2D eigenvalue weighted by molar-refractivity contribution is 5.70. The SMILES string of the molecule is Cc1cc(C2CCC(C(=O)O)CC2)on1. The molecule has 0 aromatic carbocycles. The fourth-order valence-corrected chi connectivity index (χ4v) is 2.20. The lowest BCUT2D eigenvalue weighted by Gasteiger charge is -2.23. The first-order valence-electron chi connectivity index (χ1n) is 5.33. The van der Waals surface area contributed by atoms with Gasteiger partial charge in [-0.1, -0.05) is 5.16 Å². The molecular formula is C11H15NO3. The summed E-state index contributed by atoms with van der Waals surface area (Å²) in [4.78, 5) is 10.8. The highest BCUT2D eigenvalue weighted by Crippen LogP contribution is 2.35. The summed E-state index contributed by atoms with van der Waals surface area (Å²) in [6.07, 6.45) is 3.29. The Balaban J connectivity index is 1.96. The zero-order valence-corrected chi connectivity index (χ0v) is 8.77. The summed E-state index contributed by atoms with van der Waals surface area (Å²) in [6.45, 7) is 1.90. The van der Waals surface area contributed by atoms with E-state index in [1.165, 1.54) is 0 Å². The first-order valence-corrected chi connectivity index (χ1v) is 5.33. The van der Waals surface area contributed by atoms with Gasteiger partial charge in [-0.3, -0.25) is 4.79 Å². The van der Waals surface area contributed by atoms with Crippen LogP contribution < -0.4 is 0 Å². The van der Waals surface area contributed by atoms with Crippen molar-refractivity contribution >= 4 is 5.97 Å². The highest BCUT2D eigenvalue weighted by Gasteiger charge is 2.28. The van der Waals surface area contributed by atoms with E-state index in [0.29, 0.717) is 5.92 Å². The Morgan fingerprint density at radius 3 is 2.60 bits per heavy atom. The number of hydrogen-bond acceptors (Lipinski definition) is 3. The maximum absolute atomic E-state index is 10.8. The van der Waals surface area contributed by atoms with Crippen LogP contribution in [0.1, 0.15) is 43.1 Å². The van der Waals surface area contributed by atoms with Gasteiger partial charge in [-0.2, -0.15) is 0 Å². The lowest BCUT2D eigenvalue weighted by atomic mass is 9.81. The molecular weight excluding hydrogens is 194 g/mol. The van der Waals surface area contributed by atoms with Crippen molar-refractivity contribution in [1.82, 2.24) is 5.16 Å². The first-order chi connectivity index (χ1) is 7.16. The van der Waals surface area contributed by atoms with Gasteiger partial charge < -0.3 is 9.63 Å². The highest BCUT2D eigenvalue weighted by atomic mass is 16.5. The summed E-state index contributed by atoms with van der Waals surface area (Å²) in [5, 5.41) is 12.7. The Morgan fingerprint density at radius 1 is 1.47 bits per heavy atom. The normalized spacial score (nSPS) is 26.5. The Morgan fingerprint density at radius 2 is 2.13 bits per heavy atom. The van der Waals surface area contributed by atoms with E-state index < -0.39 is 5.97 Å². The largest absolute Gasteiger partial charge is 0.481 e. The molecule has 2 rings (SSSR count). The summed E-state index contributed by atoms with van der Waals surface area (Å²) >= 11 is 0. The van der Waals surface area contributed by atoms with Crippen LogP contribution in [0.4, 0.5) is 0 Å². The maximum atomic E-state index is 10.8. The summed E-state index contributed by atoms with van der Waals surface area (Å²) in [7, 11) is 0. The molecule has 0 amide bonds. The van der Waals surface area contributed by atoms with E-state index in [1.54, 1.807) is 0 Å². The summed E-state index contributed by atoms with van der Waals surface area (Å²) in [5.41, 5.74) is 0.894. The molecule has 0 bridgehead atoms. The fraction of sp³-hybridized carbons (Fsp3) is 0.636. The van der Waals surface area contributed by atoms with Gasteiger partial charge in [-0.25, -0.2) is 0 Å². The second-order valence-corrected chi connectivity index (χ2v) is 4.26. The molecule has 4 nitrogen and oxygen atoms in total. The number of aromatic nitrogens is 1. The molecule has 4 heteroatoms. The van der Waals surface area contributed by atoms with Gasteiger partial charge in [0.2, 0.25) is 0 Å². The second kappa shape index (κ2) is 4.04. The minimum absolute atomic E-state index is 0.162. The average Bonchev–Trinajstić information content (AvgIpc) is 2.65. The molecule has 1 aromatic heterocycles. The van der Waals surface area contributed by atoms with Gasteiger partial charge in [-0.05, 0) is 32.6 Å². The van der Waals surface area contributed by atoms with E-state index in [0.717, 1.165) is 37.1 Å². The molecule has 1 saturated carbocycles. The molecule has 0 radical (unpaired) electrons. The average molecular weight is 209 g/mol. The van der Waals surface area contributed by atoms with Crippen LogP contribution in [0.5, 0.6) is 0 Å². The number of carbonyl (C=O) groups is 1. The van der Waals surface area contributed by atoms with Crippen molar-refractivity contribution in [2.24, 2.45) is 5.92 Å². The van der Waals surface area contributed by atoms with Crippen LogP contribution in [0, 0.1) is 12.8 Å². The second-order valence-electron chi connectivity index (χ2n) is 4.26. The van der Waals surface area contributed by atoms with Gasteiger partial charge in [0.15, 0.2) is 0 Å². The minimum atomic E-state index is -0.665. The molecule has 15 heavy (non-hydrogen) atoms. The van der Waals surface area contributed by atoms with E-state index >= 15 is 0 Å². The summed E-state index contributed by atoms with van der Waals surface area (Å²) in [5.74, 6) is 0.450. The van der Waals surface area contributed by atoms with Gasteiger partial charge >= 0.3 is 5.97 Å². The predicted molar refractivity (Wildman–Crippen MR) is 53.6 cm³/mol. The quantitative estimate of drug-likeness (QED) is 0.812. The Labute approximate surface area is 88.3 Å². The smallest absolute Gasteiger partial charge is 0.306 e. The summed E-state index contributed by atoms with van der Waals surface area (Å²) in [6, 6.07) is 1.95. The molecule has 1 heterocycles. The van der Waals surface area contributed by atoms with Gasteiger partial charge in [0.25, 0.3) is 0 Å². The number of aryl methyl sites for hydroxylation is 1. The lowest BCUT2D eigenvalue weighted by Crippen LogP contribution is -2.20. The molecule has 0 aliphatic heterocycles. The standard InChI is InChI=1S/C11H15NO3/c1-7-6-10(15-12-7)8-2-4-9(5-3-8)11(13)14/h6,8-9H,2-5H2,1H3,(H,13,14). The minimum Gasteiger partial charge on any atom is -0.481 e. The van der Waals surface area contributed by atoms with Crippen molar-refractivity contribution in [3.8, 4) is 0 Å². The number of hydrogen-bond donors (Lipinski definition) is 1. The van der Waals surface area contributed by atoms with Crippen molar-refractivity contribution in [2.45, 2.75) is 38.5 Å². The third-order valence-corrected chi connectivity index (χ3v) is 3.12. The van der Waals surface area contributed by atoms with E-state index in [-0.39, 0.29) is 5.92 Å². The van der Waals surface area contributed by atoms with E-state index in [1.807, 2.05) is 13.0 Å². The zero-order chi connectivity index (χ0) is 10.8. The van der Waals surface area contributed by atoms with Crippen LogP contribution in [0.25, 0.3) is 0 Å². The third-order valence-electron chi connectivity index (χ3n) is 3.12. The van der Waals surface area contributed by atoms with Crippen LogP contribution in [0.2, 0.25) is 0 Å². The molecule has 0 saturated heterocycles. The van der Waals surface area contributed by atoms with Crippen LogP contribution in [-0.4, -0.2) is 16.2 Å². The van der Waals surface area contributed by atoms with Gasteiger partial charge in [0, 0.05) is 12.0 Å². The molecule has 82 valence electrons. The third kappa shape index (κ3) is 2.19. The topological polar surface area (TPSA) is 63.3 Å². The van der Waals surface area contributed by atoms with Crippen molar-refractivity contribution in [3.63, 3.8) is 0 Å². The molecule has 1 aromatic rings. The molecule has 0 unspecified atom stereocenters. The first kappa shape index (κ1) is 10.2. The maximum Gasteiger partial charge on any atom is 0.306 e. The Kier molecular flexibility index (Phi) is 2.75. The Bertz CT molecular complexity index is 350. The molecule has 1 N–H and O–H groups in total. The number of nitrogens with zero attached hydrogens (tertiary/aromatic N) is 1. The van der Waals surface area contributed by atoms with Crippen LogP contribution in [-0.2, 0) is 4.79 Å². The van der Waals surface area contributed by atoms with Gasteiger partial charge in [-0.15, -0.1) is 0 Å². The number of aliphatic carboxylic acids is 1. The van der Waals surface area contributed by atoms with Crippen LogP contribution in [0.15, 0.2) is 10.6 Å². The fourth-order valence-electron chi connectivity index (χ4n) is 2.20. The number of rotatable bonds is 2. The van der Waals surface area contributed by atoms with Crippen molar-refractivity contribution in [1.29, 1.82) is 0 Å². The molecule has 0 atom stereocenters. The van der Waals surface area contributed by atoms with Gasteiger partial charge in [0.1, 0.15) is 5.76 Å². The van der Waals surface area contributed by atoms with E-state index in [9.17, 15) is 4.79 Å². The van der Waals surface area contributed by atoms with Crippen molar-refractivity contribution < 1.29 is 14.4 Å². The molecule has 1 aliphatic carbocycles. The molecule has 1 fully saturated rings. The van der Waals surface area contributed by atoms with Crippen molar-refractivity contribution in [3.05, 3.63) is 17.5 Å². The summed E-state index contributed by atoms with van der Waals surface area (Å²) < 4.78 is 5.20. The van der Waals surface area contributed by atoms with Crippen LogP contribution >= 0.6 is 0 Å². The number of carboxylic acid groups (broad SMARTS) is 1. The monoisotopic (exact) mass is 209 g/mol. The van der Waals surface area contributed by atoms with Gasteiger partial charge in [0.05, 0.1) is 11.6 Å². The van der Waals surface area contributed by atoms with Crippen LogP contribution in [0.3, 0.4) is 0 Å². The van der Waals surface area contributed by atoms with E-state index in [4.69, 9.17) is 9.63 Å². The zero-order valence-electron chi connectivity index (χ0n) is 8.77. The number of carboxylic acids is 1. The van der Waals surface area contributed by atoms with E-state index in [2.05, 4.69) is 5.16 Å². The van der Waals surface area contributed by atoms with Crippen molar-refractivity contribution in [2.75, 3.05) is 0 Å². The predicted octanol–water partition coefficient (Wildman–Crippen LogP) is 2.34. The lowest BCUT2D eigenvalue weighted by molar-refractivity contribution is -0.142. The molecule has 0 spiro atoms. The molecule has 1 aliphatic rings. The Hall–Kier alpha value is -1.32.